The van der Waals surface area contributed by atoms with Crippen LogP contribution >= 0.6 is 23.1 Å². The molecule has 0 aliphatic carbocycles. The molecule has 1 aliphatic heterocycles. The molecule has 1 saturated heterocycles. The summed E-state index contributed by atoms with van der Waals surface area (Å²) in [5.74, 6) is 0.515. The van der Waals surface area contributed by atoms with Gasteiger partial charge in [0, 0.05) is 25.2 Å². The second-order valence-electron chi connectivity index (χ2n) is 6.33. The lowest BCUT2D eigenvalue weighted by molar-refractivity contribution is -0.119. The van der Waals surface area contributed by atoms with Gasteiger partial charge >= 0.3 is 0 Å². The van der Waals surface area contributed by atoms with Gasteiger partial charge in [-0.3, -0.25) is 9.59 Å². The Balaban J connectivity index is 1.27. The van der Waals surface area contributed by atoms with Gasteiger partial charge in [0.15, 0.2) is 4.34 Å². The third-order valence-corrected chi connectivity index (χ3v) is 6.59. The van der Waals surface area contributed by atoms with Crippen molar-refractivity contribution in [3.05, 3.63) is 54.1 Å². The van der Waals surface area contributed by atoms with Gasteiger partial charge in [0.25, 0.3) is 0 Å². The Morgan fingerprint density at radius 1 is 1.19 bits per heavy atom. The minimum atomic E-state index is -0.0157. The summed E-state index contributed by atoms with van der Waals surface area (Å²) < 4.78 is 2.04. The molecule has 1 aliphatic rings. The molecule has 0 bridgehead atoms. The molecule has 2 heterocycles. The second-order valence-corrected chi connectivity index (χ2v) is 8.58. The smallest absolute Gasteiger partial charge is 0.230 e. The number of anilines is 1. The number of thiazole rings is 1. The van der Waals surface area contributed by atoms with Gasteiger partial charge in [0.1, 0.15) is 0 Å². The number of nitrogens with one attached hydrogen (secondary N) is 1. The number of rotatable bonds is 6. The molecule has 2 amide bonds. The highest BCUT2D eigenvalue weighted by Gasteiger charge is 2.21. The van der Waals surface area contributed by atoms with Crippen LogP contribution in [0.25, 0.3) is 10.2 Å². The molecule has 1 fully saturated rings. The van der Waals surface area contributed by atoms with Crippen molar-refractivity contribution < 1.29 is 9.59 Å². The van der Waals surface area contributed by atoms with Gasteiger partial charge in [0.05, 0.1) is 16.0 Å². The van der Waals surface area contributed by atoms with E-state index in [9.17, 15) is 9.59 Å². The third kappa shape index (κ3) is 4.31. The number of benzene rings is 2. The summed E-state index contributed by atoms with van der Waals surface area (Å²) in [6.45, 7) is 1.27. The fourth-order valence-electron chi connectivity index (χ4n) is 3.01. The third-order valence-electron chi connectivity index (χ3n) is 4.41. The number of fused-ring (bicyclic) bond motifs is 1. The number of thioether (sulfide) groups is 1. The van der Waals surface area contributed by atoms with Gasteiger partial charge in [0.2, 0.25) is 11.8 Å². The van der Waals surface area contributed by atoms with Crippen LogP contribution in [0.15, 0.2) is 52.9 Å². The monoisotopic (exact) mass is 397 g/mol. The lowest BCUT2D eigenvalue weighted by Crippen LogP contribution is -2.25. The summed E-state index contributed by atoms with van der Waals surface area (Å²) in [4.78, 5) is 30.2. The van der Waals surface area contributed by atoms with Crippen LogP contribution in [-0.4, -0.2) is 29.1 Å². The van der Waals surface area contributed by atoms with E-state index in [-0.39, 0.29) is 11.8 Å². The number of carbonyl (C=O) groups is 2. The lowest BCUT2D eigenvalue weighted by Gasteiger charge is -2.16. The van der Waals surface area contributed by atoms with E-state index >= 15 is 0 Å². The Morgan fingerprint density at radius 2 is 2.00 bits per heavy atom. The molecule has 27 heavy (non-hydrogen) atoms. The molecule has 1 aromatic heterocycles. The normalized spacial score (nSPS) is 14.1. The van der Waals surface area contributed by atoms with E-state index in [0.717, 1.165) is 38.8 Å². The Morgan fingerprint density at radius 3 is 2.74 bits per heavy atom. The lowest BCUT2D eigenvalue weighted by atomic mass is 10.2. The number of aromatic nitrogens is 1. The minimum Gasteiger partial charge on any atom is -0.351 e. The summed E-state index contributed by atoms with van der Waals surface area (Å²) in [7, 11) is 0. The first-order chi connectivity index (χ1) is 13.2. The Labute approximate surface area is 165 Å². The van der Waals surface area contributed by atoms with Gasteiger partial charge in [-0.25, -0.2) is 4.98 Å². The number of nitrogens with zero attached hydrogens (tertiary/aromatic N) is 2. The molecular formula is C20H19N3O2S2. The standard InChI is InChI=1S/C20H19N3O2S2/c24-18(13-26-20-22-16-4-1-2-5-17(16)27-20)21-12-14-7-9-15(10-8-14)23-11-3-6-19(23)25/h1-2,4-5,7-10H,3,6,11-13H2,(H,21,24). The summed E-state index contributed by atoms with van der Waals surface area (Å²) in [5, 5.41) is 2.94. The van der Waals surface area contributed by atoms with Crippen LogP contribution in [0.1, 0.15) is 18.4 Å². The SMILES string of the molecule is O=C(CSc1nc2ccccc2s1)NCc1ccc(N2CCCC2=O)cc1. The molecule has 3 aromatic rings. The molecule has 0 saturated carbocycles. The van der Waals surface area contributed by atoms with Crippen molar-refractivity contribution in [2.45, 2.75) is 23.7 Å². The van der Waals surface area contributed by atoms with Crippen molar-refractivity contribution >= 4 is 50.8 Å². The van der Waals surface area contributed by atoms with Crippen molar-refractivity contribution in [2.75, 3.05) is 17.2 Å². The summed E-state index contributed by atoms with van der Waals surface area (Å²) in [5.41, 5.74) is 2.92. The van der Waals surface area contributed by atoms with Gasteiger partial charge in [-0.1, -0.05) is 36.0 Å². The molecule has 0 atom stereocenters. The van der Waals surface area contributed by atoms with Crippen molar-refractivity contribution in [2.24, 2.45) is 0 Å². The van der Waals surface area contributed by atoms with E-state index in [1.165, 1.54) is 11.8 Å². The molecular weight excluding hydrogens is 378 g/mol. The number of amides is 2. The van der Waals surface area contributed by atoms with Gasteiger partial charge in [-0.15, -0.1) is 11.3 Å². The molecule has 5 nitrogen and oxygen atoms in total. The number of para-hydroxylation sites is 1. The Kier molecular flexibility index (Phi) is 5.40. The molecule has 0 spiro atoms. The van der Waals surface area contributed by atoms with Crippen LogP contribution in [0.3, 0.4) is 0 Å². The van der Waals surface area contributed by atoms with Gasteiger partial charge < -0.3 is 10.2 Å². The van der Waals surface area contributed by atoms with Gasteiger partial charge in [-0.05, 0) is 36.2 Å². The van der Waals surface area contributed by atoms with E-state index in [1.807, 2.05) is 53.4 Å². The number of carbonyl (C=O) groups excluding carboxylic acids is 2. The highest BCUT2D eigenvalue weighted by Crippen LogP contribution is 2.29. The number of hydrogen-bond acceptors (Lipinski definition) is 5. The summed E-state index contributed by atoms with van der Waals surface area (Å²) in [6.07, 6.45) is 1.55. The maximum Gasteiger partial charge on any atom is 0.230 e. The van der Waals surface area contributed by atoms with Crippen LogP contribution in [-0.2, 0) is 16.1 Å². The highest BCUT2D eigenvalue weighted by molar-refractivity contribution is 8.01. The summed E-state index contributed by atoms with van der Waals surface area (Å²) in [6, 6.07) is 15.8. The maximum absolute atomic E-state index is 12.1. The van der Waals surface area contributed by atoms with E-state index in [4.69, 9.17) is 0 Å². The zero-order valence-corrected chi connectivity index (χ0v) is 16.3. The van der Waals surface area contributed by atoms with E-state index < -0.39 is 0 Å². The van der Waals surface area contributed by atoms with Gasteiger partial charge in [-0.2, -0.15) is 0 Å². The zero-order chi connectivity index (χ0) is 18.6. The van der Waals surface area contributed by atoms with Crippen LogP contribution in [0.4, 0.5) is 5.69 Å². The van der Waals surface area contributed by atoms with Crippen molar-refractivity contribution in [3.8, 4) is 0 Å². The number of hydrogen-bond donors (Lipinski definition) is 1. The van der Waals surface area contributed by atoms with Crippen LogP contribution < -0.4 is 10.2 Å². The molecule has 0 unspecified atom stereocenters. The average Bonchev–Trinajstić information content (AvgIpc) is 3.30. The molecule has 2 aromatic carbocycles. The molecule has 0 radical (unpaired) electrons. The predicted octanol–water partition coefficient (Wildman–Crippen LogP) is 3.83. The van der Waals surface area contributed by atoms with E-state index in [0.29, 0.717) is 18.7 Å². The average molecular weight is 398 g/mol. The van der Waals surface area contributed by atoms with Crippen molar-refractivity contribution in [1.82, 2.24) is 10.3 Å². The second kappa shape index (κ2) is 8.10. The van der Waals surface area contributed by atoms with Crippen LogP contribution in [0, 0.1) is 0 Å². The van der Waals surface area contributed by atoms with E-state index in [1.54, 1.807) is 11.3 Å². The topological polar surface area (TPSA) is 62.3 Å². The van der Waals surface area contributed by atoms with Crippen LogP contribution in [0.5, 0.6) is 0 Å². The van der Waals surface area contributed by atoms with E-state index in [2.05, 4.69) is 10.3 Å². The van der Waals surface area contributed by atoms with Crippen molar-refractivity contribution in [1.29, 1.82) is 0 Å². The predicted molar refractivity (Wildman–Crippen MR) is 110 cm³/mol. The molecule has 138 valence electrons. The fourth-order valence-corrected chi connectivity index (χ4v) is 4.90. The Hall–Kier alpha value is -2.38. The Bertz CT molecular complexity index is 936. The van der Waals surface area contributed by atoms with Crippen LogP contribution in [0.2, 0.25) is 0 Å². The largest absolute Gasteiger partial charge is 0.351 e. The zero-order valence-electron chi connectivity index (χ0n) is 14.7. The first kappa shape index (κ1) is 18.0. The molecule has 1 N–H and O–H groups in total. The summed E-state index contributed by atoms with van der Waals surface area (Å²) >= 11 is 3.07. The minimum absolute atomic E-state index is 0.0157. The first-order valence-electron chi connectivity index (χ1n) is 8.83. The maximum atomic E-state index is 12.1. The first-order valence-corrected chi connectivity index (χ1v) is 10.6. The van der Waals surface area contributed by atoms with Crippen molar-refractivity contribution in [3.63, 3.8) is 0 Å². The fraction of sp³-hybridized carbons (Fsp3) is 0.250. The molecule has 7 heteroatoms. The quantitative estimate of drug-likeness (QED) is 0.642. The molecule has 4 rings (SSSR count). The highest BCUT2D eigenvalue weighted by atomic mass is 32.2.